The first kappa shape index (κ1) is 27.2. The molecule has 1 saturated heterocycles. The molecule has 1 atom stereocenters. The van der Waals surface area contributed by atoms with Gasteiger partial charge in [0.15, 0.2) is 11.5 Å². The fourth-order valence-electron chi connectivity index (χ4n) is 4.09. The van der Waals surface area contributed by atoms with E-state index in [0.717, 1.165) is 5.56 Å². The smallest absolute Gasteiger partial charge is 0.223 e. The number of benzene rings is 2. The topological polar surface area (TPSA) is 84.9 Å². The molecule has 0 unspecified atom stereocenters. The number of sulfonamides is 1. The second-order valence-corrected chi connectivity index (χ2v) is 10.8. The summed E-state index contributed by atoms with van der Waals surface area (Å²) < 4.78 is 52.3. The molecule has 0 radical (unpaired) electrons. The third-order valence-corrected chi connectivity index (χ3v) is 8.19. The van der Waals surface area contributed by atoms with Gasteiger partial charge in [-0.3, -0.25) is 4.79 Å². The van der Waals surface area contributed by atoms with Crippen LogP contribution in [0.15, 0.2) is 36.4 Å². The Labute approximate surface area is 211 Å². The number of hydrogen-bond donors (Lipinski definition) is 1. The van der Waals surface area contributed by atoms with E-state index in [4.69, 9.17) is 21.1 Å². The molecule has 2 aromatic carbocycles. The summed E-state index contributed by atoms with van der Waals surface area (Å²) in [6.07, 6.45) is 0.770. The van der Waals surface area contributed by atoms with Crippen molar-refractivity contribution < 1.29 is 27.1 Å². The highest BCUT2D eigenvalue weighted by Gasteiger charge is 2.32. The van der Waals surface area contributed by atoms with Crippen molar-refractivity contribution in [2.24, 2.45) is 5.92 Å². The lowest BCUT2D eigenvalue weighted by molar-refractivity contribution is -0.126. The third-order valence-electron chi connectivity index (χ3n) is 6.03. The van der Waals surface area contributed by atoms with E-state index in [0.29, 0.717) is 37.6 Å². The molecule has 7 nitrogen and oxygen atoms in total. The predicted molar refractivity (Wildman–Crippen MR) is 134 cm³/mol. The molecule has 0 aromatic heterocycles. The Hall–Kier alpha value is -2.36. The summed E-state index contributed by atoms with van der Waals surface area (Å²) in [5.41, 5.74) is 0.844. The minimum Gasteiger partial charge on any atom is -0.490 e. The standard InChI is InChI=1S/C25H32ClFN2O5S/c1-4-33-23-10-9-19(15-24(23)34-5-2)17(3)28-25(30)18-11-13-29(14-12-18)35(31,32)16-20-21(26)7-6-8-22(20)27/h6-10,15,17-18H,4-5,11-14,16H2,1-3H3,(H,28,30)/t17-/m1/s1. The van der Waals surface area contributed by atoms with E-state index < -0.39 is 21.6 Å². The van der Waals surface area contributed by atoms with E-state index >= 15 is 0 Å². The number of nitrogens with one attached hydrogen (secondary N) is 1. The van der Waals surface area contributed by atoms with Gasteiger partial charge in [0.25, 0.3) is 0 Å². The molecular weight excluding hydrogens is 495 g/mol. The Balaban J connectivity index is 1.59. The summed E-state index contributed by atoms with van der Waals surface area (Å²) >= 11 is 6.00. The third kappa shape index (κ3) is 6.86. The highest BCUT2D eigenvalue weighted by atomic mass is 35.5. The van der Waals surface area contributed by atoms with Crippen LogP contribution in [0.1, 0.15) is 50.8 Å². The van der Waals surface area contributed by atoms with Crippen molar-refractivity contribution in [1.82, 2.24) is 9.62 Å². The summed E-state index contributed by atoms with van der Waals surface area (Å²) in [5, 5.41) is 3.11. The summed E-state index contributed by atoms with van der Waals surface area (Å²) in [6, 6.07) is 9.42. The fraction of sp³-hybridized carbons (Fsp3) is 0.480. The molecule has 1 heterocycles. The van der Waals surface area contributed by atoms with Crippen LogP contribution in [-0.4, -0.2) is 44.9 Å². The van der Waals surface area contributed by atoms with Crippen molar-refractivity contribution in [3.63, 3.8) is 0 Å². The highest BCUT2D eigenvalue weighted by molar-refractivity contribution is 7.88. The molecule has 0 bridgehead atoms. The first-order valence-corrected chi connectivity index (χ1v) is 13.8. The van der Waals surface area contributed by atoms with Gasteiger partial charge in [0.1, 0.15) is 5.82 Å². The van der Waals surface area contributed by atoms with Crippen LogP contribution in [0.25, 0.3) is 0 Å². The van der Waals surface area contributed by atoms with Gasteiger partial charge in [-0.05, 0) is 63.4 Å². The lowest BCUT2D eigenvalue weighted by Gasteiger charge is -2.31. The average molecular weight is 527 g/mol. The van der Waals surface area contributed by atoms with E-state index in [1.54, 1.807) is 0 Å². The van der Waals surface area contributed by atoms with Crippen molar-refractivity contribution in [1.29, 1.82) is 0 Å². The Bertz CT molecular complexity index is 1120. The molecule has 1 aliphatic rings. The monoisotopic (exact) mass is 526 g/mol. The number of hydrogen-bond acceptors (Lipinski definition) is 5. The van der Waals surface area contributed by atoms with Crippen molar-refractivity contribution in [2.75, 3.05) is 26.3 Å². The Kier molecular flexibility index (Phi) is 9.38. The summed E-state index contributed by atoms with van der Waals surface area (Å²) in [5.74, 6) is -0.310. The Morgan fingerprint density at radius 2 is 1.80 bits per heavy atom. The van der Waals surface area contributed by atoms with Gasteiger partial charge in [-0.25, -0.2) is 17.1 Å². The number of halogens is 2. The molecule has 3 rings (SSSR count). The van der Waals surface area contributed by atoms with Gasteiger partial charge in [-0.15, -0.1) is 0 Å². The van der Waals surface area contributed by atoms with Gasteiger partial charge in [0.05, 0.1) is 25.0 Å². The van der Waals surface area contributed by atoms with E-state index in [1.165, 1.54) is 22.5 Å². The van der Waals surface area contributed by atoms with Crippen LogP contribution in [0.5, 0.6) is 11.5 Å². The van der Waals surface area contributed by atoms with Crippen LogP contribution in [0.3, 0.4) is 0 Å². The number of carbonyl (C=O) groups is 1. The van der Waals surface area contributed by atoms with Gasteiger partial charge in [-0.1, -0.05) is 23.7 Å². The molecule has 2 aromatic rings. The molecule has 0 aliphatic carbocycles. The zero-order chi connectivity index (χ0) is 25.6. The van der Waals surface area contributed by atoms with E-state index in [2.05, 4.69) is 5.32 Å². The molecule has 1 fully saturated rings. The lowest BCUT2D eigenvalue weighted by atomic mass is 9.96. The maximum atomic E-state index is 14.1. The van der Waals surface area contributed by atoms with Crippen LogP contribution in [0.2, 0.25) is 5.02 Å². The normalized spacial score (nSPS) is 16.0. The van der Waals surface area contributed by atoms with Crippen LogP contribution in [0, 0.1) is 11.7 Å². The second kappa shape index (κ2) is 12.1. The molecule has 0 saturated carbocycles. The molecular formula is C25H32ClFN2O5S. The van der Waals surface area contributed by atoms with Crippen molar-refractivity contribution in [2.45, 2.75) is 45.4 Å². The van der Waals surface area contributed by atoms with Gasteiger partial charge >= 0.3 is 0 Å². The van der Waals surface area contributed by atoms with Gasteiger partial charge in [0.2, 0.25) is 15.9 Å². The molecule has 1 amide bonds. The minimum absolute atomic E-state index is 0.0374. The number of amides is 1. The average Bonchev–Trinajstić information content (AvgIpc) is 2.83. The summed E-state index contributed by atoms with van der Waals surface area (Å²) in [6.45, 7) is 7.09. The molecule has 10 heteroatoms. The summed E-state index contributed by atoms with van der Waals surface area (Å²) in [7, 11) is -3.76. The zero-order valence-electron chi connectivity index (χ0n) is 20.2. The highest BCUT2D eigenvalue weighted by Crippen LogP contribution is 2.31. The number of nitrogens with zero attached hydrogens (tertiary/aromatic N) is 1. The van der Waals surface area contributed by atoms with Crippen molar-refractivity contribution in [3.8, 4) is 11.5 Å². The fourth-order valence-corrected chi connectivity index (χ4v) is 6.01. The maximum absolute atomic E-state index is 14.1. The molecule has 192 valence electrons. The SMILES string of the molecule is CCOc1ccc([C@@H](C)NC(=O)C2CCN(S(=O)(=O)Cc3c(F)cccc3Cl)CC2)cc1OCC. The quantitative estimate of drug-likeness (QED) is 0.485. The number of ether oxygens (including phenoxy) is 2. The second-order valence-electron chi connectivity index (χ2n) is 8.43. The van der Waals surface area contributed by atoms with Crippen molar-refractivity contribution >= 4 is 27.5 Å². The van der Waals surface area contributed by atoms with Crippen LogP contribution >= 0.6 is 11.6 Å². The predicted octanol–water partition coefficient (Wildman–Crippen LogP) is 4.70. The largest absolute Gasteiger partial charge is 0.490 e. The van der Waals surface area contributed by atoms with Crippen LogP contribution in [0.4, 0.5) is 4.39 Å². The lowest BCUT2D eigenvalue weighted by Crippen LogP contribution is -2.43. The first-order chi connectivity index (χ1) is 16.7. The number of rotatable bonds is 10. The van der Waals surface area contributed by atoms with Crippen LogP contribution in [-0.2, 0) is 20.6 Å². The van der Waals surface area contributed by atoms with E-state index in [-0.39, 0.29) is 41.5 Å². The molecule has 1 aliphatic heterocycles. The van der Waals surface area contributed by atoms with Gasteiger partial charge in [-0.2, -0.15) is 0 Å². The Morgan fingerprint density at radius 1 is 1.14 bits per heavy atom. The number of piperidine rings is 1. The minimum atomic E-state index is -3.76. The first-order valence-electron chi connectivity index (χ1n) is 11.8. The van der Waals surface area contributed by atoms with Gasteiger partial charge < -0.3 is 14.8 Å². The van der Waals surface area contributed by atoms with E-state index in [1.807, 2.05) is 39.0 Å². The molecule has 0 spiro atoms. The zero-order valence-corrected chi connectivity index (χ0v) is 21.8. The van der Waals surface area contributed by atoms with Crippen molar-refractivity contribution in [3.05, 3.63) is 58.4 Å². The van der Waals surface area contributed by atoms with Crippen LogP contribution < -0.4 is 14.8 Å². The Morgan fingerprint density at radius 3 is 2.43 bits per heavy atom. The summed E-state index contributed by atoms with van der Waals surface area (Å²) in [4.78, 5) is 12.9. The van der Waals surface area contributed by atoms with Gasteiger partial charge in [0, 0.05) is 29.6 Å². The molecule has 35 heavy (non-hydrogen) atoms. The molecule has 1 N–H and O–H groups in total. The maximum Gasteiger partial charge on any atom is 0.223 e. The number of carbonyl (C=O) groups excluding carboxylic acids is 1. The van der Waals surface area contributed by atoms with E-state index in [9.17, 15) is 17.6 Å².